The summed E-state index contributed by atoms with van der Waals surface area (Å²) in [6.45, 7) is 2.60. The second-order valence-electron chi connectivity index (χ2n) is 3.30. The molecule has 16 heavy (non-hydrogen) atoms. The van der Waals surface area contributed by atoms with Crippen molar-refractivity contribution in [2.75, 3.05) is 11.9 Å². The molecule has 0 unspecified atom stereocenters. The molecule has 0 spiro atoms. The molecule has 0 fully saturated rings. The average Bonchev–Trinajstić information content (AvgIpc) is 2.25. The van der Waals surface area contributed by atoms with Gasteiger partial charge in [0.2, 0.25) is 0 Å². The zero-order valence-corrected chi connectivity index (χ0v) is 8.86. The Balaban J connectivity index is 3.09. The van der Waals surface area contributed by atoms with Gasteiger partial charge in [0.25, 0.3) is 0 Å². The van der Waals surface area contributed by atoms with Crippen LogP contribution in [0.4, 0.5) is 5.69 Å². The van der Waals surface area contributed by atoms with Crippen molar-refractivity contribution in [3.8, 4) is 0 Å². The van der Waals surface area contributed by atoms with Crippen molar-refractivity contribution in [3.05, 3.63) is 29.3 Å². The molecule has 0 heterocycles. The molecule has 86 valence electrons. The van der Waals surface area contributed by atoms with Gasteiger partial charge in [-0.15, -0.1) is 0 Å². The van der Waals surface area contributed by atoms with Crippen molar-refractivity contribution >= 4 is 17.6 Å². The van der Waals surface area contributed by atoms with Gasteiger partial charge in [0.15, 0.2) is 0 Å². The minimum Gasteiger partial charge on any atom is -0.478 e. The first-order valence-electron chi connectivity index (χ1n) is 4.90. The zero-order valence-electron chi connectivity index (χ0n) is 8.86. The molecule has 0 aromatic heterocycles. The zero-order chi connectivity index (χ0) is 12.1. The number of nitrogens with one attached hydrogen (secondary N) is 1. The Labute approximate surface area is 92.7 Å². The fraction of sp³-hybridized carbons (Fsp3) is 0.273. The molecule has 1 rings (SSSR count). The van der Waals surface area contributed by atoms with E-state index in [-0.39, 0.29) is 11.1 Å². The molecule has 5 nitrogen and oxygen atoms in total. The lowest BCUT2D eigenvalue weighted by Crippen LogP contribution is -2.09. The molecule has 0 radical (unpaired) electrons. The number of carboxylic acids is 2. The van der Waals surface area contributed by atoms with Crippen molar-refractivity contribution in [2.24, 2.45) is 0 Å². The number of aromatic carboxylic acids is 2. The largest absolute Gasteiger partial charge is 0.478 e. The molecule has 0 amide bonds. The molecule has 0 aliphatic rings. The summed E-state index contributed by atoms with van der Waals surface area (Å²) in [5, 5.41) is 20.6. The van der Waals surface area contributed by atoms with Crippen LogP contribution in [0.25, 0.3) is 0 Å². The maximum absolute atomic E-state index is 10.9. The number of carboxylic acid groups (broad SMARTS) is 2. The molecule has 3 N–H and O–H groups in total. The predicted molar refractivity (Wildman–Crippen MR) is 59.1 cm³/mol. The van der Waals surface area contributed by atoms with E-state index in [1.807, 2.05) is 6.92 Å². The van der Waals surface area contributed by atoms with Gasteiger partial charge >= 0.3 is 11.9 Å². The second kappa shape index (κ2) is 5.16. The highest BCUT2D eigenvalue weighted by molar-refractivity contribution is 5.98. The molecule has 0 bridgehead atoms. The van der Waals surface area contributed by atoms with E-state index in [2.05, 4.69) is 5.32 Å². The molecule has 0 saturated heterocycles. The first kappa shape index (κ1) is 12.0. The van der Waals surface area contributed by atoms with E-state index >= 15 is 0 Å². The molecule has 0 saturated carbocycles. The molecule has 5 heteroatoms. The Morgan fingerprint density at radius 2 is 1.94 bits per heavy atom. The van der Waals surface area contributed by atoms with Crippen molar-refractivity contribution in [1.29, 1.82) is 0 Å². The normalized spacial score (nSPS) is 9.81. The van der Waals surface area contributed by atoms with Crippen LogP contribution in [-0.4, -0.2) is 28.7 Å². The number of benzene rings is 1. The molecule has 0 aliphatic carbocycles. The Kier molecular flexibility index (Phi) is 3.88. The van der Waals surface area contributed by atoms with Gasteiger partial charge in [-0.05, 0) is 24.6 Å². The topological polar surface area (TPSA) is 86.6 Å². The summed E-state index contributed by atoms with van der Waals surface area (Å²) >= 11 is 0. The van der Waals surface area contributed by atoms with Gasteiger partial charge in [-0.3, -0.25) is 0 Å². The van der Waals surface area contributed by atoms with Crippen LogP contribution in [0.15, 0.2) is 18.2 Å². The number of hydrogen-bond donors (Lipinski definition) is 3. The van der Waals surface area contributed by atoms with Gasteiger partial charge in [-0.2, -0.15) is 0 Å². The lowest BCUT2D eigenvalue weighted by atomic mass is 10.1. The van der Waals surface area contributed by atoms with Crippen molar-refractivity contribution < 1.29 is 19.8 Å². The SMILES string of the molecule is CCCNc1ccc(C(=O)O)cc1C(=O)O. The first-order valence-corrected chi connectivity index (χ1v) is 4.90. The molecule has 1 aromatic rings. The maximum Gasteiger partial charge on any atom is 0.337 e. The fourth-order valence-electron chi connectivity index (χ4n) is 1.27. The van der Waals surface area contributed by atoms with Crippen LogP contribution in [0.3, 0.4) is 0 Å². The van der Waals surface area contributed by atoms with Crippen molar-refractivity contribution in [3.63, 3.8) is 0 Å². The van der Waals surface area contributed by atoms with E-state index in [0.29, 0.717) is 12.2 Å². The summed E-state index contributed by atoms with van der Waals surface area (Å²) in [4.78, 5) is 21.6. The van der Waals surface area contributed by atoms with Crippen LogP contribution in [0.5, 0.6) is 0 Å². The predicted octanol–water partition coefficient (Wildman–Crippen LogP) is 1.90. The minimum absolute atomic E-state index is 0.0200. The van der Waals surface area contributed by atoms with Gasteiger partial charge in [0.05, 0.1) is 11.1 Å². The van der Waals surface area contributed by atoms with Crippen LogP contribution in [0.2, 0.25) is 0 Å². The molecule has 0 atom stereocenters. The van der Waals surface area contributed by atoms with Gasteiger partial charge in [0, 0.05) is 12.2 Å². The third-order valence-corrected chi connectivity index (χ3v) is 2.06. The van der Waals surface area contributed by atoms with E-state index in [4.69, 9.17) is 10.2 Å². The van der Waals surface area contributed by atoms with Gasteiger partial charge in [-0.25, -0.2) is 9.59 Å². The summed E-state index contributed by atoms with van der Waals surface area (Å²) in [7, 11) is 0. The van der Waals surface area contributed by atoms with Crippen molar-refractivity contribution in [1.82, 2.24) is 0 Å². The van der Waals surface area contributed by atoms with E-state index < -0.39 is 11.9 Å². The second-order valence-corrected chi connectivity index (χ2v) is 3.30. The van der Waals surface area contributed by atoms with Crippen LogP contribution in [0, 0.1) is 0 Å². The minimum atomic E-state index is -1.14. The summed E-state index contributed by atoms with van der Waals surface area (Å²) in [6.07, 6.45) is 0.861. The molecular formula is C11H13NO4. The highest BCUT2D eigenvalue weighted by Gasteiger charge is 2.13. The maximum atomic E-state index is 10.9. The summed E-state index contributed by atoms with van der Waals surface area (Å²) in [6, 6.07) is 4.01. The van der Waals surface area contributed by atoms with Crippen molar-refractivity contribution in [2.45, 2.75) is 13.3 Å². The van der Waals surface area contributed by atoms with E-state index in [1.165, 1.54) is 12.1 Å². The van der Waals surface area contributed by atoms with Crippen LogP contribution in [-0.2, 0) is 0 Å². The van der Waals surface area contributed by atoms with Gasteiger partial charge in [-0.1, -0.05) is 6.92 Å². The highest BCUT2D eigenvalue weighted by atomic mass is 16.4. The molecular weight excluding hydrogens is 210 g/mol. The number of hydrogen-bond acceptors (Lipinski definition) is 3. The standard InChI is InChI=1S/C11H13NO4/c1-2-5-12-9-4-3-7(10(13)14)6-8(9)11(15)16/h3-4,6,12H,2,5H2,1H3,(H,13,14)(H,15,16). The summed E-state index contributed by atoms with van der Waals surface area (Å²) in [5.74, 6) is -2.27. The van der Waals surface area contributed by atoms with Crippen LogP contribution < -0.4 is 5.32 Å². The third kappa shape index (κ3) is 2.73. The number of anilines is 1. The van der Waals surface area contributed by atoms with E-state index in [9.17, 15) is 9.59 Å². The summed E-state index contributed by atoms with van der Waals surface area (Å²) < 4.78 is 0. The monoisotopic (exact) mass is 223 g/mol. The Morgan fingerprint density at radius 1 is 1.25 bits per heavy atom. The van der Waals surface area contributed by atoms with Gasteiger partial charge in [0.1, 0.15) is 0 Å². The number of rotatable bonds is 5. The third-order valence-electron chi connectivity index (χ3n) is 2.06. The quantitative estimate of drug-likeness (QED) is 0.709. The Morgan fingerprint density at radius 3 is 2.44 bits per heavy atom. The summed E-state index contributed by atoms with van der Waals surface area (Å²) in [5.41, 5.74) is 0.396. The molecule has 1 aromatic carbocycles. The number of carbonyl (C=O) groups is 2. The first-order chi connectivity index (χ1) is 7.56. The lowest BCUT2D eigenvalue weighted by molar-refractivity contribution is 0.0696. The van der Waals surface area contributed by atoms with E-state index in [0.717, 1.165) is 12.5 Å². The van der Waals surface area contributed by atoms with Crippen LogP contribution in [0.1, 0.15) is 34.1 Å². The Bertz CT molecular complexity index is 414. The van der Waals surface area contributed by atoms with Gasteiger partial charge < -0.3 is 15.5 Å². The average molecular weight is 223 g/mol. The smallest absolute Gasteiger partial charge is 0.337 e. The van der Waals surface area contributed by atoms with Crippen LogP contribution >= 0.6 is 0 Å². The van der Waals surface area contributed by atoms with E-state index in [1.54, 1.807) is 0 Å². The Hall–Kier alpha value is -2.04. The highest BCUT2D eigenvalue weighted by Crippen LogP contribution is 2.17. The molecule has 0 aliphatic heterocycles. The fourth-order valence-corrected chi connectivity index (χ4v) is 1.27. The lowest BCUT2D eigenvalue weighted by Gasteiger charge is -2.09.